The van der Waals surface area contributed by atoms with E-state index >= 15 is 0 Å². The molecule has 0 saturated carbocycles. The van der Waals surface area contributed by atoms with Crippen molar-refractivity contribution in [2.24, 2.45) is 0 Å². The lowest BCUT2D eigenvalue weighted by Gasteiger charge is -2.35. The van der Waals surface area contributed by atoms with Crippen LogP contribution < -0.4 is 5.56 Å². The second-order valence-electron chi connectivity index (χ2n) is 11.9. The Hall–Kier alpha value is -5.25. The fourth-order valence-corrected chi connectivity index (χ4v) is 6.64. The molecule has 4 heterocycles. The molecule has 0 spiro atoms. The number of H-pyrrole nitrogens is 1. The monoisotopic (exact) mass is 755 g/mol. The number of rotatable bonds is 5. The van der Waals surface area contributed by atoms with Crippen LogP contribution in [-0.2, 0) is 31.7 Å². The summed E-state index contributed by atoms with van der Waals surface area (Å²) in [5.74, 6) is -1.98. The number of halogens is 7. The Kier molecular flexibility index (Phi) is 8.16. The third kappa shape index (κ3) is 5.97. The number of benzene rings is 3. The quantitative estimate of drug-likeness (QED) is 0.187. The van der Waals surface area contributed by atoms with Crippen LogP contribution in [0.25, 0.3) is 22.7 Å². The fourth-order valence-electron chi connectivity index (χ4n) is 6.17. The Morgan fingerprint density at radius 1 is 0.960 bits per heavy atom. The van der Waals surface area contributed by atoms with E-state index in [4.69, 9.17) is 0 Å². The second kappa shape index (κ2) is 12.3. The number of nitrogens with zero attached hydrogens (tertiary/aromatic N) is 6. The zero-order valence-corrected chi connectivity index (χ0v) is 27.4. The van der Waals surface area contributed by atoms with Crippen molar-refractivity contribution in [1.82, 2.24) is 34.3 Å². The van der Waals surface area contributed by atoms with E-state index in [9.17, 15) is 35.9 Å². The molecule has 1 aliphatic heterocycles. The summed E-state index contributed by atoms with van der Waals surface area (Å²) in [4.78, 5) is 31.7. The number of nitrogens with one attached hydrogen (secondary N) is 1. The Labute approximate surface area is 287 Å². The number of alkyl halides is 6. The highest BCUT2D eigenvalue weighted by Gasteiger charge is 2.37. The molecule has 3 aromatic heterocycles. The van der Waals surface area contributed by atoms with Gasteiger partial charge in [0.25, 0.3) is 11.5 Å². The predicted octanol–water partition coefficient (Wildman–Crippen LogP) is 7.25. The number of fused-ring (bicyclic) bond motifs is 3. The van der Waals surface area contributed by atoms with Crippen molar-refractivity contribution in [2.75, 3.05) is 0 Å². The summed E-state index contributed by atoms with van der Waals surface area (Å²) in [6.07, 6.45) is -7.30. The maximum atomic E-state index is 14.4. The van der Waals surface area contributed by atoms with Gasteiger partial charge < -0.3 is 9.88 Å². The minimum atomic E-state index is -4.70. The van der Waals surface area contributed by atoms with Crippen LogP contribution >= 0.6 is 15.9 Å². The molecule has 9 nitrogen and oxygen atoms in total. The van der Waals surface area contributed by atoms with Gasteiger partial charge in [-0.2, -0.15) is 31.4 Å². The van der Waals surface area contributed by atoms with Crippen LogP contribution in [0.15, 0.2) is 88.3 Å². The minimum absolute atomic E-state index is 0.0861. The first kappa shape index (κ1) is 33.3. The molecular formula is C34H24BrF6N7O2. The highest BCUT2D eigenvalue weighted by atomic mass is 79.9. The zero-order valence-electron chi connectivity index (χ0n) is 25.8. The van der Waals surface area contributed by atoms with Gasteiger partial charge in [-0.25, -0.2) is 4.52 Å². The van der Waals surface area contributed by atoms with E-state index in [-0.39, 0.29) is 28.8 Å². The van der Waals surface area contributed by atoms with Crippen molar-refractivity contribution in [2.45, 2.75) is 44.7 Å². The fraction of sp³-hybridized carbons (Fsp3) is 0.206. The molecule has 6 aromatic rings. The van der Waals surface area contributed by atoms with E-state index in [1.54, 1.807) is 29.8 Å². The first-order chi connectivity index (χ1) is 23.7. The minimum Gasteiger partial charge on any atom is -0.330 e. The van der Waals surface area contributed by atoms with Crippen LogP contribution in [0.2, 0.25) is 0 Å². The van der Waals surface area contributed by atoms with Crippen molar-refractivity contribution < 1.29 is 31.1 Å². The van der Waals surface area contributed by atoms with E-state index in [1.807, 2.05) is 30.3 Å². The molecule has 0 unspecified atom stereocenters. The van der Waals surface area contributed by atoms with Crippen LogP contribution in [0.4, 0.5) is 26.3 Å². The molecule has 0 fully saturated rings. The first-order valence-corrected chi connectivity index (χ1v) is 16.0. The maximum absolute atomic E-state index is 14.4. The average molecular weight is 757 g/mol. The van der Waals surface area contributed by atoms with Gasteiger partial charge in [0, 0.05) is 39.2 Å². The number of amides is 1. The van der Waals surface area contributed by atoms with Crippen molar-refractivity contribution in [3.8, 4) is 17.1 Å². The average Bonchev–Trinajstić information content (AvgIpc) is 3.74. The molecule has 1 atom stereocenters. The van der Waals surface area contributed by atoms with Gasteiger partial charge in [-0.3, -0.25) is 14.2 Å². The summed E-state index contributed by atoms with van der Waals surface area (Å²) in [6, 6.07) is 18.4. The molecule has 1 N–H and O–H groups in total. The van der Waals surface area contributed by atoms with Crippen LogP contribution in [0.3, 0.4) is 0 Å². The van der Waals surface area contributed by atoms with Crippen molar-refractivity contribution >= 4 is 27.5 Å². The van der Waals surface area contributed by atoms with Gasteiger partial charge in [0.15, 0.2) is 5.82 Å². The maximum Gasteiger partial charge on any atom is 0.451 e. The van der Waals surface area contributed by atoms with Gasteiger partial charge in [0.2, 0.25) is 5.82 Å². The van der Waals surface area contributed by atoms with Crippen molar-refractivity contribution in [3.05, 3.63) is 133 Å². The van der Waals surface area contributed by atoms with Crippen LogP contribution in [0.1, 0.15) is 51.1 Å². The number of aromatic nitrogens is 6. The summed E-state index contributed by atoms with van der Waals surface area (Å²) in [5.41, 5.74) is 1.96. The Balaban J connectivity index is 1.33. The van der Waals surface area contributed by atoms with Gasteiger partial charge in [-0.1, -0.05) is 46.3 Å². The summed E-state index contributed by atoms with van der Waals surface area (Å²) in [7, 11) is 0. The third-order valence-electron chi connectivity index (χ3n) is 8.62. The normalized spacial score (nSPS) is 15.0. The molecule has 3 aromatic carbocycles. The molecule has 0 radical (unpaired) electrons. The highest BCUT2D eigenvalue weighted by Crippen LogP contribution is 2.36. The SMILES string of the molecule is C[C@H]1Cc2c(n3ncc(Cc4ccccc4)c3n(-c3ccc(-c4nnc(C(F)(F)F)[nH]4)cc3)c2=O)CN1C(=O)c1ccc(Br)c(C(F)(F)F)c1. The van der Waals surface area contributed by atoms with E-state index in [0.717, 1.165) is 11.6 Å². The van der Waals surface area contributed by atoms with E-state index in [0.29, 0.717) is 40.1 Å². The molecule has 0 bridgehead atoms. The molecule has 16 heteroatoms. The lowest BCUT2D eigenvalue weighted by atomic mass is 9.97. The molecule has 256 valence electrons. The largest absolute Gasteiger partial charge is 0.451 e. The molecule has 50 heavy (non-hydrogen) atoms. The van der Waals surface area contributed by atoms with Crippen molar-refractivity contribution in [1.29, 1.82) is 0 Å². The molecule has 7 rings (SSSR count). The number of hydrogen-bond donors (Lipinski definition) is 1. The summed E-state index contributed by atoms with van der Waals surface area (Å²) >= 11 is 2.91. The lowest BCUT2D eigenvalue weighted by Crippen LogP contribution is -2.46. The molecule has 1 amide bonds. The number of aromatic amines is 1. The van der Waals surface area contributed by atoms with E-state index < -0.39 is 41.2 Å². The zero-order chi connectivity index (χ0) is 35.5. The van der Waals surface area contributed by atoms with Gasteiger partial charge in [-0.05, 0) is 61.4 Å². The van der Waals surface area contributed by atoms with E-state index in [1.165, 1.54) is 33.7 Å². The number of carbonyl (C=O) groups is 1. The van der Waals surface area contributed by atoms with Crippen LogP contribution in [0.5, 0.6) is 0 Å². The summed E-state index contributed by atoms with van der Waals surface area (Å²) in [6.45, 7) is 1.61. The standard InChI is InChI=1S/C34H24BrF6N7O2/c1-18-13-24-27(17-46(18)30(49)21-9-12-26(35)25(15-21)33(36,37)38)48-29(22(16-42-48)14-19-5-3-2-4-6-19)47(31(24)50)23-10-7-20(8-11-23)28-43-32(45-44-28)34(39,40)41/h2-12,15-16,18H,13-14,17H2,1H3,(H,43,44,45)/t18-/m0/s1. The van der Waals surface area contributed by atoms with Gasteiger partial charge in [-0.15, -0.1) is 10.2 Å². The number of hydrogen-bond acceptors (Lipinski definition) is 5. The van der Waals surface area contributed by atoms with Gasteiger partial charge in [0.1, 0.15) is 5.65 Å². The molecule has 0 aliphatic carbocycles. The van der Waals surface area contributed by atoms with Crippen molar-refractivity contribution in [3.63, 3.8) is 0 Å². The first-order valence-electron chi connectivity index (χ1n) is 15.2. The van der Waals surface area contributed by atoms with E-state index in [2.05, 4.69) is 36.2 Å². The number of carbonyl (C=O) groups excluding carboxylic acids is 1. The smallest absolute Gasteiger partial charge is 0.330 e. The Bertz CT molecular complexity index is 2310. The van der Waals surface area contributed by atoms with Gasteiger partial charge in [0.05, 0.1) is 29.7 Å². The van der Waals surface area contributed by atoms with Gasteiger partial charge >= 0.3 is 12.4 Å². The summed E-state index contributed by atoms with van der Waals surface area (Å²) < 4.78 is 83.2. The van der Waals surface area contributed by atoms with Crippen LogP contribution in [0, 0.1) is 0 Å². The van der Waals surface area contributed by atoms with Crippen LogP contribution in [-0.4, -0.2) is 46.2 Å². The lowest BCUT2D eigenvalue weighted by molar-refractivity contribution is -0.144. The topological polar surface area (TPSA) is 101 Å². The molecular weight excluding hydrogens is 732 g/mol. The molecule has 0 saturated heterocycles. The molecule has 1 aliphatic rings. The summed E-state index contributed by atoms with van der Waals surface area (Å²) in [5, 5.41) is 11.4. The highest BCUT2D eigenvalue weighted by molar-refractivity contribution is 9.10. The predicted molar refractivity (Wildman–Crippen MR) is 173 cm³/mol. The third-order valence-corrected chi connectivity index (χ3v) is 9.31. The Morgan fingerprint density at radius 3 is 2.34 bits per heavy atom. The second-order valence-corrected chi connectivity index (χ2v) is 12.7. The Morgan fingerprint density at radius 2 is 1.68 bits per heavy atom.